The number of rotatable bonds is 1. The van der Waals surface area contributed by atoms with E-state index in [2.05, 4.69) is 20.9 Å². The smallest absolute Gasteiger partial charge is 0.247 e. The van der Waals surface area contributed by atoms with Crippen LogP contribution in [0, 0.1) is 10.6 Å². The molecule has 1 heterocycles. The molecule has 1 aromatic rings. The summed E-state index contributed by atoms with van der Waals surface area (Å²) in [5.74, 6) is 0. The molecule has 0 bridgehead atoms. The standard InChI is InChI=1S/C7H5BrF2IN/c1-3-2-4(8)5(6(9)10)7(11)12-3/h2,6H,1H3. The Balaban J connectivity index is 3.28. The number of hydrogen-bond donors (Lipinski definition) is 0. The fourth-order valence-electron chi connectivity index (χ4n) is 0.801. The second kappa shape index (κ2) is 3.95. The second-order valence-electron chi connectivity index (χ2n) is 2.25. The van der Waals surface area contributed by atoms with Crippen LogP contribution < -0.4 is 0 Å². The molecular weight excluding hydrogens is 343 g/mol. The quantitative estimate of drug-likeness (QED) is 0.557. The van der Waals surface area contributed by atoms with Crippen molar-refractivity contribution in [2.45, 2.75) is 13.3 Å². The van der Waals surface area contributed by atoms with E-state index in [-0.39, 0.29) is 5.56 Å². The monoisotopic (exact) mass is 347 g/mol. The van der Waals surface area contributed by atoms with Crippen LogP contribution in [-0.4, -0.2) is 4.98 Å². The van der Waals surface area contributed by atoms with E-state index in [1.54, 1.807) is 35.6 Å². The molecule has 0 amide bonds. The minimum atomic E-state index is -2.47. The number of alkyl halides is 2. The Labute approximate surface area is 90.8 Å². The van der Waals surface area contributed by atoms with E-state index in [1.807, 2.05) is 0 Å². The van der Waals surface area contributed by atoms with Gasteiger partial charge in [0.2, 0.25) is 0 Å². The van der Waals surface area contributed by atoms with E-state index in [4.69, 9.17) is 0 Å². The van der Waals surface area contributed by atoms with Gasteiger partial charge >= 0.3 is 0 Å². The first-order chi connectivity index (χ1) is 5.52. The highest BCUT2D eigenvalue weighted by Crippen LogP contribution is 2.30. The highest BCUT2D eigenvalue weighted by atomic mass is 127. The summed E-state index contributed by atoms with van der Waals surface area (Å²) in [7, 11) is 0. The van der Waals surface area contributed by atoms with Crippen LogP contribution in [0.1, 0.15) is 17.7 Å². The molecule has 0 saturated carbocycles. The molecule has 0 unspecified atom stereocenters. The average molecular weight is 348 g/mol. The van der Waals surface area contributed by atoms with Gasteiger partial charge in [-0.1, -0.05) is 15.9 Å². The Morgan fingerprint density at radius 3 is 2.58 bits per heavy atom. The molecule has 0 radical (unpaired) electrons. The van der Waals surface area contributed by atoms with Crippen molar-refractivity contribution in [3.05, 3.63) is 25.5 Å². The predicted molar refractivity (Wildman–Crippen MR) is 54.3 cm³/mol. The molecule has 5 heteroatoms. The fraction of sp³-hybridized carbons (Fsp3) is 0.286. The highest BCUT2D eigenvalue weighted by Gasteiger charge is 2.16. The number of halogens is 4. The van der Waals surface area contributed by atoms with Crippen LogP contribution in [0.5, 0.6) is 0 Å². The molecule has 0 aliphatic heterocycles. The van der Waals surface area contributed by atoms with Crippen LogP contribution >= 0.6 is 38.5 Å². The molecule has 0 spiro atoms. The summed E-state index contributed by atoms with van der Waals surface area (Å²) >= 11 is 4.88. The lowest BCUT2D eigenvalue weighted by atomic mass is 10.3. The topological polar surface area (TPSA) is 12.9 Å². The van der Waals surface area contributed by atoms with Crippen LogP contribution in [0.4, 0.5) is 8.78 Å². The Hall–Kier alpha value is 0.220. The van der Waals surface area contributed by atoms with E-state index in [0.717, 1.165) is 5.69 Å². The number of pyridine rings is 1. The lowest BCUT2D eigenvalue weighted by Gasteiger charge is -2.05. The van der Waals surface area contributed by atoms with E-state index in [0.29, 0.717) is 8.17 Å². The summed E-state index contributed by atoms with van der Waals surface area (Å²) in [6.07, 6.45) is -2.47. The van der Waals surface area contributed by atoms with E-state index in [1.165, 1.54) is 0 Å². The van der Waals surface area contributed by atoms with E-state index < -0.39 is 6.43 Å². The summed E-state index contributed by atoms with van der Waals surface area (Å²) in [6, 6.07) is 1.59. The maximum atomic E-state index is 12.3. The van der Waals surface area contributed by atoms with Crippen molar-refractivity contribution in [2.24, 2.45) is 0 Å². The van der Waals surface area contributed by atoms with Crippen LogP contribution in [0.15, 0.2) is 10.5 Å². The van der Waals surface area contributed by atoms with Gasteiger partial charge in [-0.2, -0.15) is 0 Å². The van der Waals surface area contributed by atoms with Crippen molar-refractivity contribution < 1.29 is 8.78 Å². The minimum Gasteiger partial charge on any atom is -0.247 e. The molecule has 0 N–H and O–H groups in total. The van der Waals surface area contributed by atoms with Gasteiger partial charge in [0.1, 0.15) is 3.70 Å². The van der Waals surface area contributed by atoms with Crippen molar-refractivity contribution in [3.63, 3.8) is 0 Å². The molecule has 0 saturated heterocycles. The first kappa shape index (κ1) is 10.3. The summed E-state index contributed by atoms with van der Waals surface area (Å²) in [4.78, 5) is 3.93. The maximum Gasteiger partial charge on any atom is 0.267 e. The van der Waals surface area contributed by atoms with Gasteiger partial charge in [0, 0.05) is 10.2 Å². The van der Waals surface area contributed by atoms with E-state index >= 15 is 0 Å². The van der Waals surface area contributed by atoms with Gasteiger partial charge in [-0.05, 0) is 35.6 Å². The van der Waals surface area contributed by atoms with Crippen LogP contribution in [-0.2, 0) is 0 Å². The first-order valence-corrected chi connectivity index (χ1v) is 5.00. The molecule has 1 rings (SSSR count). The van der Waals surface area contributed by atoms with Gasteiger partial charge in [-0.15, -0.1) is 0 Å². The molecule has 1 aromatic heterocycles. The zero-order valence-electron chi connectivity index (χ0n) is 6.11. The van der Waals surface area contributed by atoms with Crippen molar-refractivity contribution in [1.29, 1.82) is 0 Å². The van der Waals surface area contributed by atoms with Crippen LogP contribution in [0.3, 0.4) is 0 Å². The molecule has 66 valence electrons. The molecule has 1 nitrogen and oxygen atoms in total. The first-order valence-electron chi connectivity index (χ1n) is 3.13. The maximum absolute atomic E-state index is 12.3. The Bertz CT molecular complexity index is 280. The second-order valence-corrected chi connectivity index (χ2v) is 4.13. The fourth-order valence-corrected chi connectivity index (χ4v) is 2.77. The van der Waals surface area contributed by atoms with Crippen molar-refractivity contribution in [2.75, 3.05) is 0 Å². The van der Waals surface area contributed by atoms with Gasteiger partial charge in [-0.25, -0.2) is 13.8 Å². The summed E-state index contributed by atoms with van der Waals surface area (Å²) in [5, 5.41) is 0. The Kier molecular flexibility index (Phi) is 3.39. The van der Waals surface area contributed by atoms with Crippen molar-refractivity contribution in [1.82, 2.24) is 4.98 Å². The Morgan fingerprint density at radius 2 is 2.17 bits per heavy atom. The number of aromatic nitrogens is 1. The SMILES string of the molecule is Cc1cc(Br)c(C(F)F)c(I)n1. The molecule has 0 atom stereocenters. The van der Waals surface area contributed by atoms with Crippen molar-refractivity contribution in [3.8, 4) is 0 Å². The molecule has 0 aromatic carbocycles. The van der Waals surface area contributed by atoms with Crippen LogP contribution in [0.25, 0.3) is 0 Å². The highest BCUT2D eigenvalue weighted by molar-refractivity contribution is 14.1. The number of nitrogens with zero attached hydrogens (tertiary/aromatic N) is 1. The molecule has 0 aliphatic rings. The molecule has 0 fully saturated rings. The van der Waals surface area contributed by atoms with Gasteiger partial charge in [0.05, 0.1) is 5.56 Å². The number of aryl methyl sites for hydroxylation is 1. The summed E-state index contributed by atoms with van der Waals surface area (Å²) in [5.41, 5.74) is 0.705. The zero-order chi connectivity index (χ0) is 9.30. The van der Waals surface area contributed by atoms with Gasteiger partial charge in [0.25, 0.3) is 6.43 Å². The third kappa shape index (κ3) is 2.12. The third-order valence-corrected chi connectivity index (χ3v) is 2.79. The lowest BCUT2D eigenvalue weighted by Crippen LogP contribution is -1.96. The molecule has 12 heavy (non-hydrogen) atoms. The van der Waals surface area contributed by atoms with Gasteiger partial charge in [-0.3, -0.25) is 0 Å². The van der Waals surface area contributed by atoms with Crippen molar-refractivity contribution >= 4 is 38.5 Å². The largest absolute Gasteiger partial charge is 0.267 e. The summed E-state index contributed by atoms with van der Waals surface area (Å²) in [6.45, 7) is 1.77. The Morgan fingerprint density at radius 1 is 1.58 bits per heavy atom. The lowest BCUT2D eigenvalue weighted by molar-refractivity contribution is 0.149. The van der Waals surface area contributed by atoms with Gasteiger partial charge in [0.15, 0.2) is 0 Å². The van der Waals surface area contributed by atoms with E-state index in [9.17, 15) is 8.78 Å². The minimum absolute atomic E-state index is 0.0267. The third-order valence-electron chi connectivity index (χ3n) is 1.31. The summed E-state index contributed by atoms with van der Waals surface area (Å²) < 4.78 is 25.5. The predicted octanol–water partition coefficient (Wildman–Crippen LogP) is 3.69. The zero-order valence-corrected chi connectivity index (χ0v) is 9.86. The molecular formula is C7H5BrF2IN. The number of hydrogen-bond acceptors (Lipinski definition) is 1. The van der Waals surface area contributed by atoms with Crippen LogP contribution in [0.2, 0.25) is 0 Å². The van der Waals surface area contributed by atoms with Gasteiger partial charge < -0.3 is 0 Å². The normalized spacial score (nSPS) is 10.8. The average Bonchev–Trinajstić information content (AvgIpc) is 1.82. The molecule has 0 aliphatic carbocycles.